The number of carbonyl (C=O) groups is 2. The highest BCUT2D eigenvalue weighted by atomic mass is 16.6. The molecule has 5 heteroatoms. The Kier molecular flexibility index (Phi) is 7.85. The SMILES string of the molecule is CCOc1ccc(C=CC(=O)OC(=O)C=Cc2ccc(OCC)cc2)cc1. The first kappa shape index (κ1) is 20.0. The molecule has 2 aromatic rings. The van der Waals surface area contributed by atoms with Gasteiger partial charge in [-0.05, 0) is 61.4 Å². The Morgan fingerprint density at radius 2 is 1.07 bits per heavy atom. The highest BCUT2D eigenvalue weighted by Gasteiger charge is 2.04. The first-order valence-electron chi connectivity index (χ1n) is 8.68. The first-order chi connectivity index (χ1) is 13.1. The van der Waals surface area contributed by atoms with Crippen LogP contribution in [0.15, 0.2) is 60.7 Å². The summed E-state index contributed by atoms with van der Waals surface area (Å²) < 4.78 is 15.4. The summed E-state index contributed by atoms with van der Waals surface area (Å²) in [7, 11) is 0. The van der Waals surface area contributed by atoms with Gasteiger partial charge in [-0.1, -0.05) is 24.3 Å². The zero-order valence-corrected chi connectivity index (χ0v) is 15.4. The molecule has 2 rings (SSSR count). The van der Waals surface area contributed by atoms with Crippen molar-refractivity contribution in [3.63, 3.8) is 0 Å². The molecule has 0 bridgehead atoms. The van der Waals surface area contributed by atoms with E-state index in [1.165, 1.54) is 12.2 Å². The van der Waals surface area contributed by atoms with E-state index in [1.807, 2.05) is 38.1 Å². The summed E-state index contributed by atoms with van der Waals surface area (Å²) in [6.07, 6.45) is 5.56. The van der Waals surface area contributed by atoms with E-state index in [9.17, 15) is 9.59 Å². The maximum atomic E-state index is 11.7. The Labute approximate surface area is 158 Å². The lowest BCUT2D eigenvalue weighted by Gasteiger charge is -2.02. The van der Waals surface area contributed by atoms with E-state index in [1.54, 1.807) is 36.4 Å². The second kappa shape index (κ2) is 10.6. The Morgan fingerprint density at radius 3 is 1.41 bits per heavy atom. The molecule has 0 amide bonds. The third-order valence-corrected chi connectivity index (χ3v) is 3.41. The lowest BCUT2D eigenvalue weighted by molar-refractivity contribution is -0.152. The molecule has 0 aliphatic carbocycles. The van der Waals surface area contributed by atoms with Crippen LogP contribution in [0.1, 0.15) is 25.0 Å². The predicted molar refractivity (Wildman–Crippen MR) is 104 cm³/mol. The maximum Gasteiger partial charge on any atom is 0.338 e. The van der Waals surface area contributed by atoms with Crippen molar-refractivity contribution in [3.8, 4) is 11.5 Å². The molecule has 0 heterocycles. The van der Waals surface area contributed by atoms with Gasteiger partial charge in [-0.3, -0.25) is 0 Å². The molecule has 0 N–H and O–H groups in total. The third-order valence-electron chi connectivity index (χ3n) is 3.41. The van der Waals surface area contributed by atoms with Crippen LogP contribution in [-0.4, -0.2) is 25.2 Å². The van der Waals surface area contributed by atoms with Crippen molar-refractivity contribution >= 4 is 24.1 Å². The van der Waals surface area contributed by atoms with Gasteiger partial charge < -0.3 is 14.2 Å². The molecule has 0 atom stereocenters. The van der Waals surface area contributed by atoms with Crippen LogP contribution in [0.3, 0.4) is 0 Å². The van der Waals surface area contributed by atoms with Crippen LogP contribution in [0.2, 0.25) is 0 Å². The topological polar surface area (TPSA) is 61.8 Å². The number of benzene rings is 2. The van der Waals surface area contributed by atoms with Gasteiger partial charge in [0.1, 0.15) is 11.5 Å². The number of esters is 2. The largest absolute Gasteiger partial charge is 0.494 e. The molecule has 0 unspecified atom stereocenters. The predicted octanol–water partition coefficient (Wildman–Crippen LogP) is 4.28. The number of ether oxygens (including phenoxy) is 3. The van der Waals surface area contributed by atoms with Gasteiger partial charge in [0.15, 0.2) is 0 Å². The van der Waals surface area contributed by atoms with Crippen molar-refractivity contribution in [1.29, 1.82) is 0 Å². The number of rotatable bonds is 8. The zero-order valence-electron chi connectivity index (χ0n) is 15.4. The highest BCUT2D eigenvalue weighted by Crippen LogP contribution is 2.14. The normalized spacial score (nSPS) is 10.9. The van der Waals surface area contributed by atoms with Crippen molar-refractivity contribution in [2.24, 2.45) is 0 Å². The Morgan fingerprint density at radius 1 is 0.704 bits per heavy atom. The summed E-state index contributed by atoms with van der Waals surface area (Å²) in [4.78, 5) is 23.4. The molecule has 2 aromatic carbocycles. The van der Waals surface area contributed by atoms with Gasteiger partial charge in [0.2, 0.25) is 0 Å². The van der Waals surface area contributed by atoms with Gasteiger partial charge in [0.05, 0.1) is 13.2 Å². The monoisotopic (exact) mass is 366 g/mol. The lowest BCUT2D eigenvalue weighted by atomic mass is 10.2. The van der Waals surface area contributed by atoms with Crippen molar-refractivity contribution in [1.82, 2.24) is 0 Å². The van der Waals surface area contributed by atoms with E-state index < -0.39 is 11.9 Å². The summed E-state index contributed by atoms with van der Waals surface area (Å²) >= 11 is 0. The average Bonchev–Trinajstić information content (AvgIpc) is 2.67. The summed E-state index contributed by atoms with van der Waals surface area (Å²) in [5.41, 5.74) is 1.60. The van der Waals surface area contributed by atoms with E-state index in [-0.39, 0.29) is 0 Å². The Balaban J connectivity index is 1.84. The van der Waals surface area contributed by atoms with Gasteiger partial charge in [0, 0.05) is 12.2 Å². The minimum absolute atomic E-state index is 0.591. The Hall–Kier alpha value is -3.34. The van der Waals surface area contributed by atoms with Crippen LogP contribution < -0.4 is 9.47 Å². The summed E-state index contributed by atoms with van der Waals surface area (Å²) in [6.45, 7) is 5.00. The van der Waals surface area contributed by atoms with Gasteiger partial charge in [-0.15, -0.1) is 0 Å². The fourth-order valence-electron chi connectivity index (χ4n) is 2.18. The minimum atomic E-state index is -0.731. The Bertz CT molecular complexity index is 732. The molecule has 0 aromatic heterocycles. The van der Waals surface area contributed by atoms with Crippen LogP contribution in [0.25, 0.3) is 12.2 Å². The molecular formula is C22H22O5. The molecule has 0 saturated heterocycles. The minimum Gasteiger partial charge on any atom is -0.494 e. The van der Waals surface area contributed by atoms with Gasteiger partial charge in [-0.25, -0.2) is 9.59 Å². The van der Waals surface area contributed by atoms with Gasteiger partial charge >= 0.3 is 11.9 Å². The number of carbonyl (C=O) groups excluding carboxylic acids is 2. The molecule has 0 aliphatic heterocycles. The summed E-state index contributed by atoms with van der Waals surface area (Å²) in [6, 6.07) is 14.5. The molecule has 0 radical (unpaired) electrons. The van der Waals surface area contributed by atoms with Crippen molar-refractivity contribution in [2.75, 3.05) is 13.2 Å². The van der Waals surface area contributed by atoms with Crippen LogP contribution in [-0.2, 0) is 14.3 Å². The van der Waals surface area contributed by atoms with Crippen LogP contribution in [0.4, 0.5) is 0 Å². The van der Waals surface area contributed by atoms with Crippen molar-refractivity contribution in [3.05, 3.63) is 71.8 Å². The first-order valence-corrected chi connectivity index (χ1v) is 8.68. The molecule has 0 saturated carbocycles. The van der Waals surface area contributed by atoms with E-state index in [0.717, 1.165) is 22.6 Å². The standard InChI is InChI=1S/C22H22O5/c1-3-25-19-11-5-17(6-12-19)9-15-21(23)27-22(24)16-10-18-7-13-20(14-8-18)26-4-2/h5-16H,3-4H2,1-2H3. The highest BCUT2D eigenvalue weighted by molar-refractivity contribution is 5.99. The van der Waals surface area contributed by atoms with E-state index in [0.29, 0.717) is 13.2 Å². The second-order valence-corrected chi connectivity index (χ2v) is 5.41. The van der Waals surface area contributed by atoms with E-state index >= 15 is 0 Å². The van der Waals surface area contributed by atoms with Crippen LogP contribution in [0.5, 0.6) is 11.5 Å². The molecule has 5 nitrogen and oxygen atoms in total. The zero-order chi connectivity index (χ0) is 19.5. The summed E-state index contributed by atoms with van der Waals surface area (Å²) in [5, 5.41) is 0. The quantitative estimate of drug-likeness (QED) is 0.396. The molecule has 27 heavy (non-hydrogen) atoms. The fraction of sp³-hybridized carbons (Fsp3) is 0.182. The molecule has 0 spiro atoms. The maximum absolute atomic E-state index is 11.7. The smallest absolute Gasteiger partial charge is 0.338 e. The number of hydrogen-bond acceptors (Lipinski definition) is 5. The summed E-state index contributed by atoms with van der Waals surface area (Å²) in [5.74, 6) is 0.0501. The van der Waals surface area contributed by atoms with Crippen molar-refractivity contribution < 1.29 is 23.8 Å². The molecule has 0 aliphatic rings. The van der Waals surface area contributed by atoms with Crippen molar-refractivity contribution in [2.45, 2.75) is 13.8 Å². The van der Waals surface area contributed by atoms with E-state index in [2.05, 4.69) is 0 Å². The number of hydrogen-bond donors (Lipinski definition) is 0. The molecule has 140 valence electrons. The molecule has 0 fully saturated rings. The fourth-order valence-corrected chi connectivity index (χ4v) is 2.18. The lowest BCUT2D eigenvalue weighted by Crippen LogP contribution is -2.06. The third kappa shape index (κ3) is 7.20. The van der Waals surface area contributed by atoms with Gasteiger partial charge in [0.25, 0.3) is 0 Å². The van der Waals surface area contributed by atoms with Crippen LogP contribution >= 0.6 is 0 Å². The second-order valence-electron chi connectivity index (χ2n) is 5.41. The average molecular weight is 366 g/mol. The van der Waals surface area contributed by atoms with Gasteiger partial charge in [-0.2, -0.15) is 0 Å². The van der Waals surface area contributed by atoms with E-state index in [4.69, 9.17) is 14.2 Å². The molecular weight excluding hydrogens is 344 g/mol. The van der Waals surface area contributed by atoms with Crippen LogP contribution in [0, 0.1) is 0 Å².